The molecule has 112 valence electrons. The number of thiazole rings is 1. The number of amides is 2. The van der Waals surface area contributed by atoms with Crippen LogP contribution in [0.5, 0.6) is 0 Å². The van der Waals surface area contributed by atoms with Gasteiger partial charge in [-0.15, -0.1) is 11.3 Å². The van der Waals surface area contributed by atoms with E-state index in [0.29, 0.717) is 11.1 Å². The number of hydrogen-bond donors (Lipinski definition) is 0. The van der Waals surface area contributed by atoms with Gasteiger partial charge in [-0.05, 0) is 12.1 Å². The highest BCUT2D eigenvalue weighted by atomic mass is 32.1. The van der Waals surface area contributed by atoms with Gasteiger partial charge in [0.15, 0.2) is 0 Å². The van der Waals surface area contributed by atoms with Crippen molar-refractivity contribution in [3.05, 3.63) is 76.8 Å². The maximum Gasteiger partial charge on any atom is 0.261 e. The molecule has 0 saturated carbocycles. The van der Waals surface area contributed by atoms with Crippen LogP contribution in [0.1, 0.15) is 26.4 Å². The second-order valence-electron chi connectivity index (χ2n) is 5.25. The van der Waals surface area contributed by atoms with E-state index in [1.165, 1.54) is 16.2 Å². The first-order chi connectivity index (χ1) is 11.2. The first kappa shape index (κ1) is 13.8. The molecule has 23 heavy (non-hydrogen) atoms. The monoisotopic (exact) mass is 320 g/mol. The van der Waals surface area contributed by atoms with Crippen LogP contribution in [0.25, 0.3) is 10.6 Å². The van der Waals surface area contributed by atoms with E-state index in [1.54, 1.807) is 24.3 Å². The summed E-state index contributed by atoms with van der Waals surface area (Å²) >= 11 is 1.51. The van der Waals surface area contributed by atoms with E-state index in [2.05, 4.69) is 4.98 Å². The molecule has 2 amide bonds. The highest BCUT2D eigenvalue weighted by Gasteiger charge is 2.35. The van der Waals surface area contributed by atoms with E-state index in [9.17, 15) is 9.59 Å². The molecule has 4 rings (SSSR count). The zero-order valence-corrected chi connectivity index (χ0v) is 12.9. The van der Waals surface area contributed by atoms with Gasteiger partial charge in [0.1, 0.15) is 5.01 Å². The van der Waals surface area contributed by atoms with Gasteiger partial charge in [0.2, 0.25) is 0 Å². The minimum atomic E-state index is -0.250. The molecule has 0 saturated heterocycles. The Morgan fingerprint density at radius 1 is 0.870 bits per heavy atom. The van der Waals surface area contributed by atoms with E-state index < -0.39 is 0 Å². The van der Waals surface area contributed by atoms with Gasteiger partial charge in [0.25, 0.3) is 11.8 Å². The standard InChI is InChI=1S/C18H12N2O2S/c21-17-14-8-4-5-9-15(14)18(22)20(17)10-13-11-23-16(19-13)12-6-2-1-3-7-12/h1-9,11H,10H2. The maximum atomic E-state index is 12.4. The second kappa shape index (κ2) is 5.44. The summed E-state index contributed by atoms with van der Waals surface area (Å²) in [5, 5.41) is 2.78. The van der Waals surface area contributed by atoms with Crippen LogP contribution < -0.4 is 0 Å². The lowest BCUT2D eigenvalue weighted by molar-refractivity contribution is 0.0640. The van der Waals surface area contributed by atoms with Crippen LogP contribution in [0.3, 0.4) is 0 Å². The van der Waals surface area contributed by atoms with Gasteiger partial charge in [-0.25, -0.2) is 4.98 Å². The normalized spacial score (nSPS) is 13.5. The van der Waals surface area contributed by atoms with E-state index in [1.807, 2.05) is 35.7 Å². The highest BCUT2D eigenvalue weighted by Crippen LogP contribution is 2.27. The predicted molar refractivity (Wildman–Crippen MR) is 88.2 cm³/mol. The molecule has 0 spiro atoms. The Hall–Kier alpha value is -2.79. The Bertz CT molecular complexity index is 867. The van der Waals surface area contributed by atoms with Gasteiger partial charge in [-0.2, -0.15) is 0 Å². The lowest BCUT2D eigenvalue weighted by Crippen LogP contribution is -2.29. The molecular formula is C18H12N2O2S. The molecule has 2 heterocycles. The summed E-state index contributed by atoms with van der Waals surface area (Å²) in [5.74, 6) is -0.500. The van der Waals surface area contributed by atoms with Crippen molar-refractivity contribution in [3.8, 4) is 10.6 Å². The lowest BCUT2D eigenvalue weighted by atomic mass is 10.1. The van der Waals surface area contributed by atoms with Gasteiger partial charge < -0.3 is 0 Å². The van der Waals surface area contributed by atoms with Crippen LogP contribution in [0.2, 0.25) is 0 Å². The van der Waals surface area contributed by atoms with Crippen molar-refractivity contribution < 1.29 is 9.59 Å². The van der Waals surface area contributed by atoms with Gasteiger partial charge >= 0.3 is 0 Å². The topological polar surface area (TPSA) is 50.3 Å². The molecule has 5 heteroatoms. The third-order valence-corrected chi connectivity index (χ3v) is 4.71. The van der Waals surface area contributed by atoms with Crippen molar-refractivity contribution in [1.82, 2.24) is 9.88 Å². The molecule has 0 bridgehead atoms. The largest absolute Gasteiger partial charge is 0.269 e. The number of hydrogen-bond acceptors (Lipinski definition) is 4. The summed E-state index contributed by atoms with van der Waals surface area (Å²) in [4.78, 5) is 30.5. The van der Waals surface area contributed by atoms with Crippen molar-refractivity contribution >= 4 is 23.2 Å². The SMILES string of the molecule is O=C1c2ccccc2C(=O)N1Cc1csc(-c2ccccc2)n1. The molecule has 1 aromatic heterocycles. The Kier molecular flexibility index (Phi) is 3.28. The summed E-state index contributed by atoms with van der Waals surface area (Å²) in [6.45, 7) is 0.204. The number of benzene rings is 2. The average Bonchev–Trinajstić information content (AvgIpc) is 3.16. The summed E-state index contributed by atoms with van der Waals surface area (Å²) in [7, 11) is 0. The van der Waals surface area contributed by atoms with Crippen LogP contribution in [-0.4, -0.2) is 21.7 Å². The van der Waals surface area contributed by atoms with E-state index in [4.69, 9.17) is 0 Å². The van der Waals surface area contributed by atoms with Crippen LogP contribution >= 0.6 is 11.3 Å². The summed E-state index contributed by atoms with van der Waals surface area (Å²) < 4.78 is 0. The zero-order chi connectivity index (χ0) is 15.8. The molecule has 4 nitrogen and oxygen atoms in total. The molecular weight excluding hydrogens is 308 g/mol. The number of rotatable bonds is 3. The fraction of sp³-hybridized carbons (Fsp3) is 0.0556. The van der Waals surface area contributed by atoms with Crippen molar-refractivity contribution in [2.45, 2.75) is 6.54 Å². The minimum Gasteiger partial charge on any atom is -0.269 e. The second-order valence-corrected chi connectivity index (χ2v) is 6.11. The van der Waals surface area contributed by atoms with Gasteiger partial charge in [0, 0.05) is 10.9 Å². The number of carbonyl (C=O) groups is 2. The molecule has 0 atom stereocenters. The fourth-order valence-electron chi connectivity index (χ4n) is 2.64. The predicted octanol–water partition coefficient (Wildman–Crippen LogP) is 3.61. The number of imide groups is 1. The number of fused-ring (bicyclic) bond motifs is 1. The molecule has 0 radical (unpaired) electrons. The number of aromatic nitrogens is 1. The Balaban J connectivity index is 1.60. The van der Waals surface area contributed by atoms with E-state index in [-0.39, 0.29) is 18.4 Å². The van der Waals surface area contributed by atoms with Gasteiger partial charge in [-0.1, -0.05) is 42.5 Å². The minimum absolute atomic E-state index is 0.204. The smallest absolute Gasteiger partial charge is 0.261 e. The molecule has 0 unspecified atom stereocenters. The highest BCUT2D eigenvalue weighted by molar-refractivity contribution is 7.13. The number of carbonyl (C=O) groups excluding carboxylic acids is 2. The molecule has 3 aromatic rings. The first-order valence-corrected chi connectivity index (χ1v) is 8.07. The fourth-order valence-corrected chi connectivity index (χ4v) is 3.45. The molecule has 0 fully saturated rings. The Labute approximate surface area is 137 Å². The first-order valence-electron chi connectivity index (χ1n) is 7.19. The molecule has 0 aliphatic carbocycles. The van der Waals surface area contributed by atoms with Crippen molar-refractivity contribution in [2.24, 2.45) is 0 Å². The molecule has 1 aliphatic rings. The van der Waals surface area contributed by atoms with Crippen LogP contribution in [0.4, 0.5) is 0 Å². The van der Waals surface area contributed by atoms with Crippen LogP contribution in [0.15, 0.2) is 60.0 Å². The van der Waals surface area contributed by atoms with Crippen molar-refractivity contribution in [2.75, 3.05) is 0 Å². The van der Waals surface area contributed by atoms with Crippen LogP contribution in [-0.2, 0) is 6.54 Å². The molecule has 2 aromatic carbocycles. The van der Waals surface area contributed by atoms with Gasteiger partial charge in [0.05, 0.1) is 23.4 Å². The van der Waals surface area contributed by atoms with Crippen molar-refractivity contribution in [3.63, 3.8) is 0 Å². The van der Waals surface area contributed by atoms with E-state index >= 15 is 0 Å². The van der Waals surface area contributed by atoms with Gasteiger partial charge in [-0.3, -0.25) is 14.5 Å². The maximum absolute atomic E-state index is 12.4. The molecule has 0 N–H and O–H groups in total. The summed E-state index contributed by atoms with van der Waals surface area (Å²) in [6, 6.07) is 16.8. The lowest BCUT2D eigenvalue weighted by Gasteiger charge is -2.11. The van der Waals surface area contributed by atoms with Crippen molar-refractivity contribution in [1.29, 1.82) is 0 Å². The van der Waals surface area contributed by atoms with Crippen LogP contribution in [0, 0.1) is 0 Å². The Morgan fingerprint density at radius 2 is 1.48 bits per heavy atom. The Morgan fingerprint density at radius 3 is 2.13 bits per heavy atom. The third-order valence-electron chi connectivity index (χ3n) is 3.77. The third kappa shape index (κ3) is 2.35. The molecule has 1 aliphatic heterocycles. The zero-order valence-electron chi connectivity index (χ0n) is 12.1. The van der Waals surface area contributed by atoms with E-state index in [0.717, 1.165) is 16.3 Å². The number of nitrogens with zero attached hydrogens (tertiary/aromatic N) is 2. The summed E-state index contributed by atoms with van der Waals surface area (Å²) in [5.41, 5.74) is 2.70. The summed E-state index contributed by atoms with van der Waals surface area (Å²) in [6.07, 6.45) is 0. The quantitative estimate of drug-likeness (QED) is 0.693. The average molecular weight is 320 g/mol.